The lowest BCUT2D eigenvalue weighted by molar-refractivity contribution is 0.0690. The number of rotatable bonds is 1. The van der Waals surface area contributed by atoms with Gasteiger partial charge < -0.3 is 20.4 Å². The van der Waals surface area contributed by atoms with Crippen molar-refractivity contribution in [2.75, 3.05) is 0 Å². The van der Waals surface area contributed by atoms with Crippen molar-refractivity contribution in [1.82, 2.24) is 0 Å². The van der Waals surface area contributed by atoms with Gasteiger partial charge in [-0.2, -0.15) is 0 Å². The van der Waals surface area contributed by atoms with Crippen LogP contribution in [-0.2, 0) is 0 Å². The largest absolute Gasteiger partial charge is 0.508 e. The summed E-state index contributed by atoms with van der Waals surface area (Å²) in [5, 5.41) is 35.1. The van der Waals surface area contributed by atoms with E-state index in [4.69, 9.17) is 20.4 Å². The average Bonchev–Trinajstić information content (AvgIpc) is 2.01. The second-order valence-corrected chi connectivity index (χ2v) is 2.57. The molecule has 0 saturated heterocycles. The zero-order chi connectivity index (χ0) is 12.0. The predicted octanol–water partition coefficient (Wildman–Crippen LogP) is 1.69. The number of phenols is 3. The highest BCUT2D eigenvalue weighted by Crippen LogP contribution is 2.31. The molecule has 0 spiro atoms. The molecule has 5 heteroatoms. The van der Waals surface area contributed by atoms with E-state index < -0.39 is 28.8 Å². The van der Waals surface area contributed by atoms with Crippen molar-refractivity contribution in [1.29, 1.82) is 0 Å². The van der Waals surface area contributed by atoms with Crippen molar-refractivity contribution < 1.29 is 25.2 Å². The lowest BCUT2D eigenvalue weighted by Crippen LogP contribution is -1.96. The van der Waals surface area contributed by atoms with E-state index in [-0.39, 0.29) is 0 Å². The van der Waals surface area contributed by atoms with Crippen LogP contribution < -0.4 is 0 Å². The van der Waals surface area contributed by atoms with Crippen LogP contribution in [0.15, 0.2) is 24.8 Å². The third kappa shape index (κ3) is 3.60. The van der Waals surface area contributed by atoms with Crippen molar-refractivity contribution in [3.63, 3.8) is 0 Å². The summed E-state index contributed by atoms with van der Waals surface area (Å²) in [5.41, 5.74) is -0.618. The molecular weight excluding hydrogens is 200 g/mol. The van der Waals surface area contributed by atoms with Crippen LogP contribution in [0, 0.1) is 0 Å². The molecule has 15 heavy (non-hydrogen) atoms. The summed E-state index contributed by atoms with van der Waals surface area (Å²) < 4.78 is 0. The third-order valence-corrected chi connectivity index (χ3v) is 1.30. The van der Waals surface area contributed by atoms with E-state index >= 15 is 0 Å². The molecule has 0 bridgehead atoms. The van der Waals surface area contributed by atoms with Gasteiger partial charge in [0.1, 0.15) is 22.8 Å². The highest BCUT2D eigenvalue weighted by atomic mass is 16.4. The molecule has 0 unspecified atom stereocenters. The fourth-order valence-corrected chi connectivity index (χ4v) is 0.816. The molecule has 0 aliphatic carbocycles. The fourth-order valence-electron chi connectivity index (χ4n) is 0.816. The van der Waals surface area contributed by atoms with Crippen LogP contribution in [0.3, 0.4) is 0 Å². The maximum absolute atomic E-state index is 10.4. The second kappa shape index (κ2) is 5.54. The van der Waals surface area contributed by atoms with Crippen LogP contribution in [0.1, 0.15) is 17.3 Å². The Bertz CT molecular complexity index is 347. The molecule has 0 atom stereocenters. The number of carbonyl (C=O) groups is 1. The number of aromatic carboxylic acids is 1. The van der Waals surface area contributed by atoms with Crippen molar-refractivity contribution in [3.8, 4) is 17.2 Å². The molecule has 0 aromatic heterocycles. The standard InChI is InChI=1S/C7H6O5.C3H6/c8-3-1-4(9)6(7(11)12)5(10)2-3;1-3-2/h1-2,8-10H,(H,11,12);3H,1H2,2H3. The quantitative estimate of drug-likeness (QED) is 0.531. The Kier molecular flexibility index (Phi) is 4.74. The van der Waals surface area contributed by atoms with E-state index in [0.717, 1.165) is 12.1 Å². The van der Waals surface area contributed by atoms with E-state index in [0.29, 0.717) is 0 Å². The summed E-state index contributed by atoms with van der Waals surface area (Å²) in [6, 6.07) is 1.67. The topological polar surface area (TPSA) is 98.0 Å². The zero-order valence-electron chi connectivity index (χ0n) is 8.14. The number of carboxylic acids is 1. The van der Waals surface area contributed by atoms with Gasteiger partial charge in [0, 0.05) is 12.1 Å². The molecule has 0 radical (unpaired) electrons. The van der Waals surface area contributed by atoms with Crippen LogP contribution in [0.5, 0.6) is 17.2 Å². The first kappa shape index (κ1) is 12.8. The van der Waals surface area contributed by atoms with Gasteiger partial charge in [0.15, 0.2) is 0 Å². The lowest BCUT2D eigenvalue weighted by atomic mass is 10.1. The first-order valence-electron chi connectivity index (χ1n) is 3.99. The zero-order valence-corrected chi connectivity index (χ0v) is 8.14. The maximum Gasteiger partial charge on any atom is 0.343 e. The molecule has 0 aliphatic rings. The van der Waals surface area contributed by atoms with E-state index in [1.54, 1.807) is 6.08 Å². The van der Waals surface area contributed by atoms with Gasteiger partial charge in [0.25, 0.3) is 0 Å². The number of carboxylic acid groups (broad SMARTS) is 1. The normalized spacial score (nSPS) is 8.60. The number of benzene rings is 1. The Hall–Kier alpha value is -2.17. The molecule has 1 rings (SSSR count). The van der Waals surface area contributed by atoms with Crippen LogP contribution in [-0.4, -0.2) is 26.4 Å². The Morgan fingerprint density at radius 2 is 1.60 bits per heavy atom. The summed E-state index contributed by atoms with van der Waals surface area (Å²) >= 11 is 0. The summed E-state index contributed by atoms with van der Waals surface area (Å²) in [6.07, 6.45) is 1.75. The number of aromatic hydroxyl groups is 3. The SMILES string of the molecule is C=CC.O=C(O)c1c(O)cc(O)cc1O. The van der Waals surface area contributed by atoms with Crippen molar-refractivity contribution in [3.05, 3.63) is 30.4 Å². The molecule has 0 heterocycles. The first-order chi connectivity index (χ1) is 6.93. The summed E-state index contributed by atoms with van der Waals surface area (Å²) in [6.45, 7) is 5.25. The Morgan fingerprint density at radius 1 is 1.27 bits per heavy atom. The minimum Gasteiger partial charge on any atom is -0.508 e. The van der Waals surface area contributed by atoms with E-state index in [1.807, 2.05) is 6.92 Å². The minimum absolute atomic E-state index is 0.394. The molecule has 1 aromatic rings. The number of hydrogen-bond acceptors (Lipinski definition) is 4. The average molecular weight is 212 g/mol. The maximum atomic E-state index is 10.4. The van der Waals surface area contributed by atoms with Gasteiger partial charge in [-0.3, -0.25) is 0 Å². The van der Waals surface area contributed by atoms with Gasteiger partial charge in [-0.25, -0.2) is 4.79 Å². The van der Waals surface area contributed by atoms with Gasteiger partial charge >= 0.3 is 5.97 Å². The lowest BCUT2D eigenvalue weighted by Gasteiger charge is -2.02. The molecule has 1 aromatic carbocycles. The molecule has 0 amide bonds. The fraction of sp³-hybridized carbons (Fsp3) is 0.100. The number of hydrogen-bond donors (Lipinski definition) is 4. The molecule has 5 nitrogen and oxygen atoms in total. The summed E-state index contributed by atoms with van der Waals surface area (Å²) in [5.74, 6) is -3.18. The van der Waals surface area contributed by atoms with E-state index in [2.05, 4.69) is 6.58 Å². The van der Waals surface area contributed by atoms with Crippen LogP contribution >= 0.6 is 0 Å². The van der Waals surface area contributed by atoms with Crippen molar-refractivity contribution >= 4 is 5.97 Å². The smallest absolute Gasteiger partial charge is 0.343 e. The Balaban J connectivity index is 0.000000583. The highest BCUT2D eigenvalue weighted by Gasteiger charge is 2.15. The van der Waals surface area contributed by atoms with Crippen LogP contribution in [0.25, 0.3) is 0 Å². The van der Waals surface area contributed by atoms with Crippen LogP contribution in [0.2, 0.25) is 0 Å². The van der Waals surface area contributed by atoms with E-state index in [1.165, 1.54) is 0 Å². The van der Waals surface area contributed by atoms with Crippen LogP contribution in [0.4, 0.5) is 0 Å². The Morgan fingerprint density at radius 3 is 1.87 bits per heavy atom. The summed E-state index contributed by atoms with van der Waals surface area (Å²) in [4.78, 5) is 10.4. The van der Waals surface area contributed by atoms with Gasteiger partial charge in [0.2, 0.25) is 0 Å². The number of allylic oxidation sites excluding steroid dienone is 1. The van der Waals surface area contributed by atoms with Crippen molar-refractivity contribution in [2.24, 2.45) is 0 Å². The van der Waals surface area contributed by atoms with Gasteiger partial charge in [0.05, 0.1) is 0 Å². The van der Waals surface area contributed by atoms with Gasteiger partial charge in [-0.05, 0) is 6.92 Å². The van der Waals surface area contributed by atoms with Crippen molar-refractivity contribution in [2.45, 2.75) is 6.92 Å². The first-order valence-corrected chi connectivity index (χ1v) is 3.99. The molecule has 0 fully saturated rings. The minimum atomic E-state index is -1.45. The molecule has 0 aliphatic heterocycles. The second-order valence-electron chi connectivity index (χ2n) is 2.57. The van der Waals surface area contributed by atoms with E-state index in [9.17, 15) is 4.79 Å². The van der Waals surface area contributed by atoms with Gasteiger partial charge in [-0.1, -0.05) is 6.08 Å². The monoisotopic (exact) mass is 212 g/mol. The molecule has 0 saturated carbocycles. The highest BCUT2D eigenvalue weighted by molar-refractivity contribution is 5.94. The number of phenolic OH excluding ortho intramolecular Hbond substituents is 1. The predicted molar refractivity (Wildman–Crippen MR) is 54.3 cm³/mol. The molecule has 82 valence electrons. The third-order valence-electron chi connectivity index (χ3n) is 1.30. The van der Waals surface area contributed by atoms with Gasteiger partial charge in [-0.15, -0.1) is 6.58 Å². The molecular formula is C10H12O5. The Labute approximate surface area is 86.5 Å². The summed E-state index contributed by atoms with van der Waals surface area (Å²) in [7, 11) is 0. The molecule has 4 N–H and O–H groups in total.